The van der Waals surface area contributed by atoms with Crippen molar-refractivity contribution in [3.05, 3.63) is 39.7 Å². The number of aromatic nitrogens is 1. The predicted molar refractivity (Wildman–Crippen MR) is 107 cm³/mol. The van der Waals surface area contributed by atoms with E-state index in [4.69, 9.17) is 4.42 Å². The second-order valence-electron chi connectivity index (χ2n) is 5.24. The van der Waals surface area contributed by atoms with Crippen LogP contribution in [-0.4, -0.2) is 24.0 Å². The number of nitrogens with zero attached hydrogens (tertiary/aromatic N) is 2. The predicted octanol–water partition coefficient (Wildman–Crippen LogP) is 3.83. The highest BCUT2D eigenvalue weighted by atomic mass is 127. The Kier molecular flexibility index (Phi) is 8.60. The van der Waals surface area contributed by atoms with Gasteiger partial charge in [-0.3, -0.25) is 0 Å². The van der Waals surface area contributed by atoms with Crippen molar-refractivity contribution in [1.82, 2.24) is 15.6 Å². The molecule has 0 saturated carbocycles. The fourth-order valence-corrected chi connectivity index (χ4v) is 2.80. The second-order valence-corrected chi connectivity index (χ2v) is 6.22. The maximum absolute atomic E-state index is 5.56. The van der Waals surface area contributed by atoms with E-state index in [1.165, 1.54) is 4.88 Å². The van der Waals surface area contributed by atoms with Crippen molar-refractivity contribution < 1.29 is 4.42 Å². The van der Waals surface area contributed by atoms with Crippen LogP contribution in [0.2, 0.25) is 0 Å². The van der Waals surface area contributed by atoms with Gasteiger partial charge < -0.3 is 15.1 Å². The van der Waals surface area contributed by atoms with Gasteiger partial charge in [0.05, 0.1) is 5.69 Å². The van der Waals surface area contributed by atoms with Gasteiger partial charge in [-0.05, 0) is 32.2 Å². The summed E-state index contributed by atoms with van der Waals surface area (Å²) in [5.74, 6) is 2.75. The number of aliphatic imine (C=N–C) groups is 1. The third-order valence-corrected chi connectivity index (χ3v) is 4.50. The minimum absolute atomic E-state index is 0. The Morgan fingerprint density at radius 3 is 2.74 bits per heavy atom. The van der Waals surface area contributed by atoms with Gasteiger partial charge in [-0.1, -0.05) is 13.0 Å². The molecule has 0 aliphatic heterocycles. The standard InChI is InChI=1S/C16H24N4OS.HI/c1-5-17-16(18-9-11(2)14-7-6-8-22-14)19-10-15-20-12(3)13(4)21-15;/h6-8,11H,5,9-10H2,1-4H3,(H2,17,18,19);1H. The van der Waals surface area contributed by atoms with E-state index in [1.54, 1.807) is 11.3 Å². The van der Waals surface area contributed by atoms with E-state index >= 15 is 0 Å². The summed E-state index contributed by atoms with van der Waals surface area (Å²) in [6.45, 7) is 10.2. The first-order valence-electron chi connectivity index (χ1n) is 7.58. The van der Waals surface area contributed by atoms with Gasteiger partial charge in [0.2, 0.25) is 5.89 Å². The van der Waals surface area contributed by atoms with E-state index < -0.39 is 0 Å². The molecule has 5 nitrogen and oxygen atoms in total. The van der Waals surface area contributed by atoms with Gasteiger partial charge >= 0.3 is 0 Å². The molecule has 0 aromatic carbocycles. The van der Waals surface area contributed by atoms with E-state index in [9.17, 15) is 0 Å². The summed E-state index contributed by atoms with van der Waals surface area (Å²) in [5, 5.41) is 8.73. The smallest absolute Gasteiger partial charge is 0.216 e. The number of guanidine groups is 1. The van der Waals surface area contributed by atoms with E-state index in [2.05, 4.69) is 52.0 Å². The van der Waals surface area contributed by atoms with E-state index in [0.717, 1.165) is 30.5 Å². The number of aryl methyl sites for hydroxylation is 2. The Balaban J connectivity index is 0.00000264. The van der Waals surface area contributed by atoms with Crippen molar-refractivity contribution >= 4 is 41.3 Å². The number of thiophene rings is 1. The molecule has 2 N–H and O–H groups in total. The van der Waals surface area contributed by atoms with Gasteiger partial charge in [0.15, 0.2) is 5.96 Å². The molecule has 2 heterocycles. The summed E-state index contributed by atoms with van der Waals surface area (Å²) in [4.78, 5) is 10.3. The number of halogens is 1. The van der Waals surface area contributed by atoms with Gasteiger partial charge in [0.1, 0.15) is 12.3 Å². The Morgan fingerprint density at radius 1 is 1.39 bits per heavy atom. The Hall–Kier alpha value is -1.09. The summed E-state index contributed by atoms with van der Waals surface area (Å²) < 4.78 is 5.56. The molecule has 0 aliphatic rings. The Bertz CT molecular complexity index is 590. The zero-order valence-electron chi connectivity index (χ0n) is 14.0. The van der Waals surface area contributed by atoms with Crippen LogP contribution in [0.15, 0.2) is 26.9 Å². The highest BCUT2D eigenvalue weighted by Crippen LogP contribution is 2.19. The van der Waals surface area contributed by atoms with Crippen LogP contribution >= 0.6 is 35.3 Å². The van der Waals surface area contributed by atoms with E-state index in [0.29, 0.717) is 18.4 Å². The highest BCUT2D eigenvalue weighted by molar-refractivity contribution is 14.0. The zero-order chi connectivity index (χ0) is 15.9. The minimum Gasteiger partial charge on any atom is -0.444 e. The molecular weight excluding hydrogens is 423 g/mol. The highest BCUT2D eigenvalue weighted by Gasteiger charge is 2.08. The zero-order valence-corrected chi connectivity index (χ0v) is 17.2. The summed E-state index contributed by atoms with van der Waals surface area (Å²) >= 11 is 1.79. The van der Waals surface area contributed by atoms with Crippen LogP contribution in [0, 0.1) is 13.8 Å². The van der Waals surface area contributed by atoms with Crippen molar-refractivity contribution in [3.8, 4) is 0 Å². The topological polar surface area (TPSA) is 62.5 Å². The first-order chi connectivity index (χ1) is 10.6. The number of nitrogens with one attached hydrogen (secondary N) is 2. The molecule has 0 spiro atoms. The van der Waals surface area contributed by atoms with Crippen molar-refractivity contribution in [1.29, 1.82) is 0 Å². The van der Waals surface area contributed by atoms with Crippen LogP contribution in [0.25, 0.3) is 0 Å². The molecule has 0 saturated heterocycles. The van der Waals surface area contributed by atoms with Gasteiger partial charge in [-0.15, -0.1) is 35.3 Å². The third kappa shape index (κ3) is 6.14. The van der Waals surface area contributed by atoms with Crippen molar-refractivity contribution in [2.24, 2.45) is 4.99 Å². The van der Waals surface area contributed by atoms with Crippen LogP contribution in [-0.2, 0) is 6.54 Å². The molecule has 0 aliphatic carbocycles. The third-order valence-electron chi connectivity index (χ3n) is 3.39. The maximum Gasteiger partial charge on any atom is 0.216 e. The van der Waals surface area contributed by atoms with E-state index in [1.807, 2.05) is 13.8 Å². The summed E-state index contributed by atoms with van der Waals surface area (Å²) in [6, 6.07) is 4.25. The minimum atomic E-state index is 0. The number of hydrogen-bond donors (Lipinski definition) is 2. The summed E-state index contributed by atoms with van der Waals surface area (Å²) in [7, 11) is 0. The molecule has 0 fully saturated rings. The quantitative estimate of drug-likeness (QED) is 0.401. The lowest BCUT2D eigenvalue weighted by Crippen LogP contribution is -2.39. The first kappa shape index (κ1) is 20.0. The molecule has 0 bridgehead atoms. The molecule has 128 valence electrons. The molecule has 0 radical (unpaired) electrons. The number of oxazole rings is 1. The van der Waals surface area contributed by atoms with Crippen LogP contribution < -0.4 is 10.6 Å². The fourth-order valence-electron chi connectivity index (χ4n) is 2.02. The molecule has 1 unspecified atom stereocenters. The Morgan fingerprint density at radius 2 is 2.17 bits per heavy atom. The van der Waals surface area contributed by atoms with Gasteiger partial charge in [0, 0.05) is 23.9 Å². The van der Waals surface area contributed by atoms with Crippen molar-refractivity contribution in [2.75, 3.05) is 13.1 Å². The monoisotopic (exact) mass is 448 g/mol. The lowest BCUT2D eigenvalue weighted by Gasteiger charge is -2.14. The average molecular weight is 448 g/mol. The molecule has 7 heteroatoms. The maximum atomic E-state index is 5.56. The van der Waals surface area contributed by atoms with Crippen LogP contribution in [0.3, 0.4) is 0 Å². The normalized spacial score (nSPS) is 12.6. The Labute approximate surface area is 159 Å². The average Bonchev–Trinajstić information content (AvgIpc) is 3.12. The van der Waals surface area contributed by atoms with Gasteiger partial charge in [-0.25, -0.2) is 9.98 Å². The molecule has 1 atom stereocenters. The molecule has 2 aromatic rings. The fraction of sp³-hybridized carbons (Fsp3) is 0.500. The molecule has 2 aromatic heterocycles. The van der Waals surface area contributed by atoms with Crippen LogP contribution in [0.4, 0.5) is 0 Å². The molecule has 23 heavy (non-hydrogen) atoms. The lowest BCUT2D eigenvalue weighted by atomic mass is 10.1. The van der Waals surface area contributed by atoms with Gasteiger partial charge in [0.25, 0.3) is 0 Å². The number of hydrogen-bond acceptors (Lipinski definition) is 4. The number of rotatable bonds is 6. The largest absolute Gasteiger partial charge is 0.444 e. The lowest BCUT2D eigenvalue weighted by molar-refractivity contribution is 0.472. The first-order valence-corrected chi connectivity index (χ1v) is 8.46. The van der Waals surface area contributed by atoms with Crippen molar-refractivity contribution in [3.63, 3.8) is 0 Å². The van der Waals surface area contributed by atoms with Crippen molar-refractivity contribution in [2.45, 2.75) is 40.2 Å². The summed E-state index contributed by atoms with van der Waals surface area (Å²) in [5.41, 5.74) is 0.925. The van der Waals surface area contributed by atoms with Gasteiger partial charge in [-0.2, -0.15) is 0 Å². The molecule has 2 rings (SSSR count). The second kappa shape index (κ2) is 9.92. The summed E-state index contributed by atoms with van der Waals surface area (Å²) in [6.07, 6.45) is 0. The van der Waals surface area contributed by atoms with Crippen LogP contribution in [0.5, 0.6) is 0 Å². The molecule has 0 amide bonds. The van der Waals surface area contributed by atoms with E-state index in [-0.39, 0.29) is 24.0 Å². The van der Waals surface area contributed by atoms with Crippen LogP contribution in [0.1, 0.15) is 42.0 Å². The SMILES string of the molecule is CCNC(=NCc1nc(C)c(C)o1)NCC(C)c1cccs1.I. The molecular formula is C16H25IN4OS.